The number of nitrogens with zero attached hydrogens (tertiary/aromatic N) is 1. The SMILES string of the molecule is COC(=O)C1=C(Nc2ccc(F)c(C(=O)OC)c2Cl)C(=O)N(CCO)C1. The fourth-order valence-corrected chi connectivity index (χ4v) is 2.70. The lowest BCUT2D eigenvalue weighted by Gasteiger charge is -2.16. The van der Waals surface area contributed by atoms with Crippen molar-refractivity contribution < 1.29 is 33.4 Å². The van der Waals surface area contributed by atoms with Crippen LogP contribution in [0.25, 0.3) is 0 Å². The lowest BCUT2D eigenvalue weighted by molar-refractivity contribution is -0.136. The summed E-state index contributed by atoms with van der Waals surface area (Å²) in [6, 6.07) is 2.19. The molecule has 140 valence electrons. The minimum absolute atomic E-state index is 0.00900. The molecule has 10 heteroatoms. The number of β-amino-alcohol motifs (C(OH)–C–C–N with tert-alkyl or cyclic N) is 1. The van der Waals surface area contributed by atoms with Crippen LogP contribution >= 0.6 is 11.6 Å². The predicted molar refractivity (Wildman–Crippen MR) is 89.1 cm³/mol. The maximum absolute atomic E-state index is 13.9. The van der Waals surface area contributed by atoms with Gasteiger partial charge >= 0.3 is 11.9 Å². The lowest BCUT2D eigenvalue weighted by Crippen LogP contribution is -2.31. The number of aliphatic hydroxyl groups is 1. The zero-order valence-corrected chi connectivity index (χ0v) is 14.7. The van der Waals surface area contributed by atoms with Crippen molar-refractivity contribution >= 4 is 35.1 Å². The van der Waals surface area contributed by atoms with Crippen LogP contribution in [-0.4, -0.2) is 61.8 Å². The molecular weight excluding hydrogens is 371 g/mol. The summed E-state index contributed by atoms with van der Waals surface area (Å²) >= 11 is 6.07. The van der Waals surface area contributed by atoms with Gasteiger partial charge < -0.3 is 24.8 Å². The Labute approximate surface area is 153 Å². The zero-order chi connectivity index (χ0) is 19.4. The van der Waals surface area contributed by atoms with Crippen molar-refractivity contribution in [1.82, 2.24) is 4.90 Å². The topological polar surface area (TPSA) is 105 Å². The number of benzene rings is 1. The summed E-state index contributed by atoms with van der Waals surface area (Å²) in [5.41, 5.74) is -0.582. The highest BCUT2D eigenvalue weighted by Gasteiger charge is 2.35. The smallest absolute Gasteiger partial charge is 0.342 e. The predicted octanol–water partition coefficient (Wildman–Crippen LogP) is 0.939. The second kappa shape index (κ2) is 8.15. The van der Waals surface area contributed by atoms with E-state index in [1.807, 2.05) is 0 Å². The van der Waals surface area contributed by atoms with E-state index in [1.54, 1.807) is 0 Å². The second-order valence-corrected chi connectivity index (χ2v) is 5.57. The molecule has 2 N–H and O–H groups in total. The number of aliphatic hydroxyl groups excluding tert-OH is 1. The summed E-state index contributed by atoms with van der Waals surface area (Å²) in [5.74, 6) is -3.20. The molecule has 0 radical (unpaired) electrons. The number of hydrogen-bond donors (Lipinski definition) is 2. The number of nitrogens with one attached hydrogen (secondary N) is 1. The number of ether oxygens (including phenoxy) is 2. The highest BCUT2D eigenvalue weighted by Crippen LogP contribution is 2.32. The van der Waals surface area contributed by atoms with Gasteiger partial charge in [-0.2, -0.15) is 0 Å². The Bertz CT molecular complexity index is 795. The third-order valence-electron chi connectivity index (χ3n) is 3.69. The standard InChI is InChI=1S/C16H16ClFN2O6/c1-25-15(23)8-7-20(5-6-21)14(22)13(8)19-10-4-3-9(18)11(12(10)17)16(24)26-2/h3-4,19,21H,5-7H2,1-2H3. The Hall–Kier alpha value is -2.65. The molecule has 0 fully saturated rings. The third-order valence-corrected chi connectivity index (χ3v) is 4.09. The molecule has 1 amide bonds. The summed E-state index contributed by atoms with van der Waals surface area (Å²) in [4.78, 5) is 37.3. The monoisotopic (exact) mass is 386 g/mol. The molecule has 1 aliphatic heterocycles. The van der Waals surface area contributed by atoms with Gasteiger partial charge in [0.2, 0.25) is 0 Å². The summed E-state index contributed by atoms with van der Waals surface area (Å²) < 4.78 is 23.0. The van der Waals surface area contributed by atoms with Crippen molar-refractivity contribution in [2.75, 3.05) is 39.2 Å². The minimum Gasteiger partial charge on any atom is -0.466 e. The Morgan fingerprint density at radius 2 is 1.96 bits per heavy atom. The molecule has 0 unspecified atom stereocenters. The van der Waals surface area contributed by atoms with Crippen LogP contribution in [0, 0.1) is 5.82 Å². The first-order valence-corrected chi connectivity index (χ1v) is 7.78. The molecule has 1 aromatic rings. The summed E-state index contributed by atoms with van der Waals surface area (Å²) in [6.07, 6.45) is 0. The Morgan fingerprint density at radius 3 is 2.54 bits per heavy atom. The van der Waals surface area contributed by atoms with E-state index in [1.165, 1.54) is 11.0 Å². The summed E-state index contributed by atoms with van der Waals surface area (Å²) in [5, 5.41) is 11.4. The van der Waals surface area contributed by atoms with E-state index < -0.39 is 29.2 Å². The number of amides is 1. The Morgan fingerprint density at radius 1 is 1.31 bits per heavy atom. The highest BCUT2D eigenvalue weighted by atomic mass is 35.5. The number of rotatable bonds is 6. The van der Waals surface area contributed by atoms with Crippen LogP contribution < -0.4 is 5.32 Å². The van der Waals surface area contributed by atoms with Crippen molar-refractivity contribution in [1.29, 1.82) is 0 Å². The van der Waals surface area contributed by atoms with Gasteiger partial charge in [-0.15, -0.1) is 0 Å². The first kappa shape index (κ1) is 19.7. The van der Waals surface area contributed by atoms with Gasteiger partial charge in [0, 0.05) is 6.54 Å². The van der Waals surface area contributed by atoms with E-state index in [-0.39, 0.29) is 41.7 Å². The fourth-order valence-electron chi connectivity index (χ4n) is 2.42. The van der Waals surface area contributed by atoms with E-state index in [4.69, 9.17) is 16.7 Å². The van der Waals surface area contributed by atoms with E-state index in [9.17, 15) is 18.8 Å². The minimum atomic E-state index is -0.988. The lowest BCUT2D eigenvalue weighted by atomic mass is 10.1. The normalized spacial score (nSPS) is 13.9. The first-order chi connectivity index (χ1) is 12.3. The van der Waals surface area contributed by atoms with Crippen LogP contribution in [-0.2, 0) is 19.1 Å². The van der Waals surface area contributed by atoms with Gasteiger partial charge in [-0.05, 0) is 12.1 Å². The number of carbonyl (C=O) groups excluding carboxylic acids is 3. The molecule has 0 saturated heterocycles. The van der Waals surface area contributed by atoms with Gasteiger partial charge in [-0.1, -0.05) is 11.6 Å². The van der Waals surface area contributed by atoms with E-state index >= 15 is 0 Å². The van der Waals surface area contributed by atoms with Gasteiger partial charge in [0.05, 0.1) is 43.7 Å². The summed E-state index contributed by atoms with van der Waals surface area (Å²) in [6.45, 7) is -0.358. The maximum Gasteiger partial charge on any atom is 0.342 e. The average Bonchev–Trinajstić information content (AvgIpc) is 2.93. The van der Waals surface area contributed by atoms with Gasteiger partial charge in [0.1, 0.15) is 17.1 Å². The van der Waals surface area contributed by atoms with Crippen molar-refractivity contribution in [2.24, 2.45) is 0 Å². The van der Waals surface area contributed by atoms with Gasteiger partial charge in [-0.25, -0.2) is 14.0 Å². The fraction of sp³-hybridized carbons (Fsp3) is 0.312. The van der Waals surface area contributed by atoms with E-state index in [2.05, 4.69) is 14.8 Å². The number of halogens is 2. The first-order valence-electron chi connectivity index (χ1n) is 7.40. The van der Waals surface area contributed by atoms with Crippen LogP contribution in [0.5, 0.6) is 0 Å². The summed E-state index contributed by atoms with van der Waals surface area (Å²) in [7, 11) is 2.23. The molecule has 0 saturated carbocycles. The number of methoxy groups -OCH3 is 2. The Balaban J connectivity index is 2.46. The van der Waals surface area contributed by atoms with E-state index in [0.29, 0.717) is 0 Å². The van der Waals surface area contributed by atoms with Gasteiger partial charge in [-0.3, -0.25) is 4.79 Å². The highest BCUT2D eigenvalue weighted by molar-refractivity contribution is 6.36. The molecule has 0 bridgehead atoms. The van der Waals surface area contributed by atoms with Crippen molar-refractivity contribution in [3.63, 3.8) is 0 Å². The number of anilines is 1. The number of esters is 2. The van der Waals surface area contributed by atoms with Gasteiger partial charge in [0.25, 0.3) is 5.91 Å². The zero-order valence-electron chi connectivity index (χ0n) is 14.0. The maximum atomic E-state index is 13.9. The molecule has 1 aliphatic rings. The molecule has 0 aromatic heterocycles. The van der Waals surface area contributed by atoms with Crippen molar-refractivity contribution in [3.8, 4) is 0 Å². The van der Waals surface area contributed by atoms with Crippen LogP contribution in [0.15, 0.2) is 23.4 Å². The van der Waals surface area contributed by atoms with Crippen LogP contribution in [0.1, 0.15) is 10.4 Å². The molecule has 26 heavy (non-hydrogen) atoms. The van der Waals surface area contributed by atoms with E-state index in [0.717, 1.165) is 20.3 Å². The molecule has 1 heterocycles. The van der Waals surface area contributed by atoms with Crippen molar-refractivity contribution in [3.05, 3.63) is 39.8 Å². The van der Waals surface area contributed by atoms with Gasteiger partial charge in [0.15, 0.2) is 0 Å². The molecule has 2 rings (SSSR count). The number of hydrogen-bond acceptors (Lipinski definition) is 7. The molecule has 1 aromatic carbocycles. The molecular formula is C16H16ClFN2O6. The third kappa shape index (κ3) is 3.63. The second-order valence-electron chi connectivity index (χ2n) is 5.20. The quantitative estimate of drug-likeness (QED) is 0.701. The number of carbonyl (C=O) groups is 3. The van der Waals surface area contributed by atoms with Crippen LogP contribution in [0.4, 0.5) is 10.1 Å². The molecule has 0 atom stereocenters. The van der Waals surface area contributed by atoms with Crippen molar-refractivity contribution in [2.45, 2.75) is 0 Å². The Kier molecular flexibility index (Phi) is 6.17. The largest absolute Gasteiger partial charge is 0.466 e. The van der Waals surface area contributed by atoms with Crippen LogP contribution in [0.3, 0.4) is 0 Å². The molecule has 0 aliphatic carbocycles. The average molecular weight is 387 g/mol. The molecule has 8 nitrogen and oxygen atoms in total. The van der Waals surface area contributed by atoms with Crippen LogP contribution in [0.2, 0.25) is 5.02 Å². The molecule has 0 spiro atoms.